The Kier molecular flexibility index (Phi) is 6.36. The Labute approximate surface area is 182 Å². The molecule has 2 aromatic carbocycles. The highest BCUT2D eigenvalue weighted by Gasteiger charge is 2.26. The molecule has 0 bridgehead atoms. The highest BCUT2D eigenvalue weighted by molar-refractivity contribution is 7.98. The van der Waals surface area contributed by atoms with Gasteiger partial charge in [-0.25, -0.2) is 13.4 Å². The van der Waals surface area contributed by atoms with Crippen LogP contribution in [0, 0.1) is 0 Å². The van der Waals surface area contributed by atoms with Crippen molar-refractivity contribution in [3.8, 4) is 5.75 Å². The first-order chi connectivity index (χ1) is 14.5. The average Bonchev–Trinajstić information content (AvgIpc) is 3.15. The van der Waals surface area contributed by atoms with E-state index in [1.165, 1.54) is 0 Å². The van der Waals surface area contributed by atoms with E-state index in [0.29, 0.717) is 23.7 Å². The molecule has 1 aliphatic rings. The summed E-state index contributed by atoms with van der Waals surface area (Å²) in [6.07, 6.45) is 2.96. The van der Waals surface area contributed by atoms with Gasteiger partial charge in [0.05, 0.1) is 28.8 Å². The van der Waals surface area contributed by atoms with Crippen molar-refractivity contribution in [2.24, 2.45) is 0 Å². The number of hydrogen-bond donors (Lipinski definition) is 0. The number of rotatable bonds is 7. The predicted molar refractivity (Wildman–Crippen MR) is 121 cm³/mol. The third kappa shape index (κ3) is 4.22. The van der Waals surface area contributed by atoms with E-state index in [1.54, 1.807) is 35.3 Å². The zero-order valence-electron chi connectivity index (χ0n) is 17.4. The summed E-state index contributed by atoms with van der Waals surface area (Å²) >= 11 is 1.70. The van der Waals surface area contributed by atoms with Crippen LogP contribution in [0.5, 0.6) is 5.75 Å². The largest absolute Gasteiger partial charge is 0.497 e. The first-order valence-corrected chi connectivity index (χ1v) is 12.7. The van der Waals surface area contributed by atoms with E-state index >= 15 is 0 Å². The highest BCUT2D eigenvalue weighted by atomic mass is 32.2. The predicted octanol–water partition coefficient (Wildman–Crippen LogP) is 4.53. The van der Waals surface area contributed by atoms with Crippen molar-refractivity contribution in [2.45, 2.75) is 48.3 Å². The Bertz CT molecular complexity index is 1120. The standard InChI is InChI=1S/C22H27N3O3S2/c1-3-25-21-12-11-19(30(26,27)24-13-5-4-6-14-24)15-20(21)23-22(25)16-29-18-9-7-17(28-2)8-10-18/h7-12,15H,3-6,13-14,16H2,1-2H3. The molecule has 1 fully saturated rings. The number of fused-ring (bicyclic) bond motifs is 1. The molecule has 1 aliphatic heterocycles. The lowest BCUT2D eigenvalue weighted by molar-refractivity contribution is 0.346. The van der Waals surface area contributed by atoms with Crippen molar-refractivity contribution in [1.29, 1.82) is 0 Å². The maximum Gasteiger partial charge on any atom is 0.243 e. The highest BCUT2D eigenvalue weighted by Crippen LogP contribution is 2.29. The number of hydrogen-bond acceptors (Lipinski definition) is 5. The summed E-state index contributed by atoms with van der Waals surface area (Å²) in [6.45, 7) is 4.08. The quantitative estimate of drug-likeness (QED) is 0.500. The topological polar surface area (TPSA) is 64.4 Å². The van der Waals surface area contributed by atoms with Gasteiger partial charge in [-0.05, 0) is 62.2 Å². The Morgan fingerprint density at radius 1 is 1.07 bits per heavy atom. The molecule has 2 heterocycles. The van der Waals surface area contributed by atoms with Crippen LogP contribution in [-0.2, 0) is 22.3 Å². The molecule has 4 rings (SSSR count). The molecule has 3 aromatic rings. The fourth-order valence-electron chi connectivity index (χ4n) is 3.86. The first-order valence-electron chi connectivity index (χ1n) is 10.3. The van der Waals surface area contributed by atoms with Gasteiger partial charge in [-0.15, -0.1) is 11.8 Å². The fourth-order valence-corrected chi connectivity index (χ4v) is 6.24. The molecule has 30 heavy (non-hydrogen) atoms. The minimum atomic E-state index is -3.46. The number of aryl methyl sites for hydroxylation is 1. The average molecular weight is 446 g/mol. The van der Waals surface area contributed by atoms with Crippen molar-refractivity contribution in [3.63, 3.8) is 0 Å². The van der Waals surface area contributed by atoms with Gasteiger partial charge in [0.15, 0.2) is 0 Å². The maximum absolute atomic E-state index is 13.0. The molecule has 8 heteroatoms. The van der Waals surface area contributed by atoms with Crippen molar-refractivity contribution in [1.82, 2.24) is 13.9 Å². The monoisotopic (exact) mass is 445 g/mol. The molecular weight excluding hydrogens is 418 g/mol. The number of sulfonamides is 1. The van der Waals surface area contributed by atoms with E-state index in [4.69, 9.17) is 9.72 Å². The van der Waals surface area contributed by atoms with Crippen LogP contribution in [0.25, 0.3) is 11.0 Å². The van der Waals surface area contributed by atoms with Crippen LogP contribution >= 0.6 is 11.8 Å². The number of piperidine rings is 1. The molecule has 0 aliphatic carbocycles. The van der Waals surface area contributed by atoms with Crippen LogP contribution in [0.4, 0.5) is 0 Å². The van der Waals surface area contributed by atoms with Crippen molar-refractivity contribution in [3.05, 3.63) is 48.3 Å². The van der Waals surface area contributed by atoms with Gasteiger partial charge in [-0.1, -0.05) is 6.42 Å². The summed E-state index contributed by atoms with van der Waals surface area (Å²) in [5.41, 5.74) is 1.71. The molecule has 1 saturated heterocycles. The molecule has 6 nitrogen and oxygen atoms in total. The number of benzene rings is 2. The summed E-state index contributed by atoms with van der Waals surface area (Å²) in [7, 11) is -1.80. The van der Waals surface area contributed by atoms with Crippen molar-refractivity contribution in [2.75, 3.05) is 20.2 Å². The van der Waals surface area contributed by atoms with Gasteiger partial charge in [0, 0.05) is 24.5 Å². The summed E-state index contributed by atoms with van der Waals surface area (Å²) in [4.78, 5) is 6.26. The second-order valence-electron chi connectivity index (χ2n) is 7.35. The van der Waals surface area contributed by atoms with Crippen molar-refractivity contribution < 1.29 is 13.2 Å². The van der Waals surface area contributed by atoms with Crippen molar-refractivity contribution >= 4 is 32.8 Å². The van der Waals surface area contributed by atoms with Gasteiger partial charge in [-0.2, -0.15) is 4.31 Å². The van der Waals surface area contributed by atoms with E-state index in [-0.39, 0.29) is 0 Å². The summed E-state index contributed by atoms with van der Waals surface area (Å²) < 4.78 is 35.0. The SMILES string of the molecule is CCn1c(CSc2ccc(OC)cc2)nc2cc(S(=O)(=O)N3CCCCC3)ccc21. The number of nitrogens with zero attached hydrogens (tertiary/aromatic N) is 3. The van der Waals surface area contributed by atoms with E-state index in [2.05, 4.69) is 11.5 Å². The number of thioether (sulfide) groups is 1. The normalized spacial score (nSPS) is 15.5. The minimum Gasteiger partial charge on any atom is -0.497 e. The Morgan fingerprint density at radius 2 is 1.80 bits per heavy atom. The maximum atomic E-state index is 13.0. The molecule has 1 aromatic heterocycles. The van der Waals surface area contributed by atoms with Gasteiger partial charge >= 0.3 is 0 Å². The molecule has 0 amide bonds. The van der Waals surface area contributed by atoms with Crippen LogP contribution in [0.2, 0.25) is 0 Å². The van der Waals surface area contributed by atoms with Crippen LogP contribution < -0.4 is 4.74 Å². The van der Waals surface area contributed by atoms with Crippen LogP contribution in [0.3, 0.4) is 0 Å². The molecule has 0 atom stereocenters. The number of methoxy groups -OCH3 is 1. The molecule has 0 N–H and O–H groups in total. The van der Waals surface area contributed by atoms with E-state index < -0.39 is 10.0 Å². The Morgan fingerprint density at radius 3 is 2.47 bits per heavy atom. The van der Waals surface area contributed by atoms with E-state index in [1.807, 2.05) is 30.3 Å². The lowest BCUT2D eigenvalue weighted by atomic mass is 10.2. The van der Waals surface area contributed by atoms with Gasteiger partial charge < -0.3 is 9.30 Å². The molecule has 160 valence electrons. The molecule has 0 spiro atoms. The van der Waals surface area contributed by atoms with Gasteiger partial charge in [0.2, 0.25) is 10.0 Å². The molecule has 0 unspecified atom stereocenters. The molecular formula is C22H27N3O3S2. The molecule has 0 radical (unpaired) electrons. The molecule has 0 saturated carbocycles. The zero-order chi connectivity index (χ0) is 21.1. The number of ether oxygens (including phenoxy) is 1. The smallest absolute Gasteiger partial charge is 0.243 e. The third-order valence-electron chi connectivity index (χ3n) is 5.50. The first kappa shape index (κ1) is 21.2. The lowest BCUT2D eigenvalue weighted by Crippen LogP contribution is -2.35. The van der Waals surface area contributed by atoms with Gasteiger partial charge in [0.25, 0.3) is 0 Å². The second kappa shape index (κ2) is 8.99. The van der Waals surface area contributed by atoms with Crippen LogP contribution in [0.15, 0.2) is 52.3 Å². The zero-order valence-corrected chi connectivity index (χ0v) is 19.0. The van der Waals surface area contributed by atoms with Crippen LogP contribution in [-0.4, -0.2) is 42.5 Å². The number of imidazole rings is 1. The minimum absolute atomic E-state index is 0.340. The second-order valence-corrected chi connectivity index (χ2v) is 10.3. The Hall–Kier alpha value is -2.03. The fraction of sp³-hybridized carbons (Fsp3) is 0.409. The summed E-state index contributed by atoms with van der Waals surface area (Å²) in [6, 6.07) is 13.3. The van der Waals surface area contributed by atoms with Gasteiger partial charge in [-0.3, -0.25) is 0 Å². The number of aromatic nitrogens is 2. The van der Waals surface area contributed by atoms with Crippen LogP contribution in [0.1, 0.15) is 32.0 Å². The lowest BCUT2D eigenvalue weighted by Gasteiger charge is -2.25. The Balaban J connectivity index is 1.60. The van der Waals surface area contributed by atoms with E-state index in [9.17, 15) is 8.42 Å². The summed E-state index contributed by atoms with van der Waals surface area (Å²) in [5, 5.41) is 0. The third-order valence-corrected chi connectivity index (χ3v) is 8.40. The van der Waals surface area contributed by atoms with Gasteiger partial charge in [0.1, 0.15) is 11.6 Å². The van der Waals surface area contributed by atoms with E-state index in [0.717, 1.165) is 53.3 Å². The summed E-state index contributed by atoms with van der Waals surface area (Å²) in [5.74, 6) is 2.49.